The monoisotopic (exact) mass is 315 g/mol. The lowest BCUT2D eigenvalue weighted by Gasteiger charge is -2.19. The third-order valence-corrected chi connectivity index (χ3v) is 3.32. The van der Waals surface area contributed by atoms with Gasteiger partial charge in [0.25, 0.3) is 0 Å². The number of amides is 2. The van der Waals surface area contributed by atoms with Gasteiger partial charge in [-0.25, -0.2) is 0 Å². The van der Waals surface area contributed by atoms with Crippen molar-refractivity contribution in [3.8, 4) is 0 Å². The minimum atomic E-state index is -0.677. The van der Waals surface area contributed by atoms with E-state index in [1.165, 1.54) is 0 Å². The Kier molecular flexibility index (Phi) is 5.51. The van der Waals surface area contributed by atoms with Gasteiger partial charge in [-0.1, -0.05) is 49.3 Å². The molecule has 0 aliphatic rings. The summed E-state index contributed by atoms with van der Waals surface area (Å²) in [4.78, 5) is 24.5. The zero-order valence-electron chi connectivity index (χ0n) is 13.5. The predicted octanol–water partition coefficient (Wildman–Crippen LogP) is 2.31. The molecule has 0 radical (unpaired) electrons. The van der Waals surface area contributed by atoms with Crippen LogP contribution in [-0.4, -0.2) is 23.0 Å². The van der Waals surface area contributed by atoms with E-state index in [0.717, 1.165) is 5.56 Å². The van der Waals surface area contributed by atoms with Crippen LogP contribution in [0, 0.1) is 12.8 Å². The van der Waals surface area contributed by atoms with Crippen molar-refractivity contribution in [2.45, 2.75) is 33.2 Å². The molecule has 2 N–H and O–H groups in total. The lowest BCUT2D eigenvalue weighted by molar-refractivity contribution is -0.128. The van der Waals surface area contributed by atoms with Crippen molar-refractivity contribution >= 4 is 17.6 Å². The van der Waals surface area contributed by atoms with Crippen LogP contribution in [0.3, 0.4) is 0 Å². The fourth-order valence-corrected chi connectivity index (χ4v) is 2.04. The Morgan fingerprint density at radius 1 is 1.17 bits per heavy atom. The van der Waals surface area contributed by atoms with Gasteiger partial charge in [-0.2, -0.15) is 0 Å². The highest BCUT2D eigenvalue weighted by atomic mass is 16.5. The molecule has 6 nitrogen and oxygen atoms in total. The molecule has 2 aromatic rings. The first kappa shape index (κ1) is 16.7. The summed E-state index contributed by atoms with van der Waals surface area (Å²) >= 11 is 0. The molecule has 2 rings (SSSR count). The molecule has 0 aliphatic heterocycles. The van der Waals surface area contributed by atoms with Crippen molar-refractivity contribution < 1.29 is 14.1 Å². The number of rotatable bonds is 6. The zero-order valence-corrected chi connectivity index (χ0v) is 13.5. The van der Waals surface area contributed by atoms with Crippen LogP contribution in [0.15, 0.2) is 40.9 Å². The number of hydrogen-bond donors (Lipinski definition) is 2. The van der Waals surface area contributed by atoms with Crippen molar-refractivity contribution in [2.75, 3.05) is 5.32 Å². The van der Waals surface area contributed by atoms with Crippen LogP contribution in [0.5, 0.6) is 0 Å². The number of hydrogen-bond acceptors (Lipinski definition) is 4. The number of nitrogens with zero attached hydrogens (tertiary/aromatic N) is 1. The SMILES string of the molecule is Cc1cc(NC(=O)C(Cc2ccccc2)NC(=O)C(C)C)no1. The summed E-state index contributed by atoms with van der Waals surface area (Å²) in [6.07, 6.45) is 0.405. The molecule has 122 valence electrons. The smallest absolute Gasteiger partial charge is 0.248 e. The summed E-state index contributed by atoms with van der Waals surface area (Å²) in [7, 11) is 0. The third kappa shape index (κ3) is 4.95. The molecule has 0 bridgehead atoms. The van der Waals surface area contributed by atoms with E-state index in [0.29, 0.717) is 18.0 Å². The van der Waals surface area contributed by atoms with Crippen LogP contribution in [0.1, 0.15) is 25.2 Å². The fraction of sp³-hybridized carbons (Fsp3) is 0.353. The number of aromatic nitrogens is 1. The molecule has 0 saturated heterocycles. The van der Waals surface area contributed by atoms with Gasteiger partial charge in [0.05, 0.1) is 0 Å². The molecule has 23 heavy (non-hydrogen) atoms. The van der Waals surface area contributed by atoms with E-state index in [2.05, 4.69) is 15.8 Å². The van der Waals surface area contributed by atoms with Gasteiger partial charge < -0.3 is 15.2 Å². The highest BCUT2D eigenvalue weighted by Crippen LogP contribution is 2.10. The minimum absolute atomic E-state index is 0.169. The molecule has 1 aromatic heterocycles. The molecule has 1 heterocycles. The molecule has 0 saturated carbocycles. The summed E-state index contributed by atoms with van der Waals surface area (Å²) in [5.41, 5.74) is 0.966. The fourth-order valence-electron chi connectivity index (χ4n) is 2.04. The van der Waals surface area contributed by atoms with E-state index in [4.69, 9.17) is 4.52 Å². The molecule has 1 unspecified atom stereocenters. The first-order chi connectivity index (χ1) is 11.0. The maximum Gasteiger partial charge on any atom is 0.248 e. The van der Waals surface area contributed by atoms with Gasteiger partial charge >= 0.3 is 0 Å². The van der Waals surface area contributed by atoms with E-state index >= 15 is 0 Å². The lowest BCUT2D eigenvalue weighted by Crippen LogP contribution is -2.46. The van der Waals surface area contributed by atoms with E-state index in [1.54, 1.807) is 26.8 Å². The Labute approximate surface area is 135 Å². The number of benzene rings is 1. The van der Waals surface area contributed by atoms with Crippen LogP contribution in [0.25, 0.3) is 0 Å². The van der Waals surface area contributed by atoms with E-state index < -0.39 is 6.04 Å². The van der Waals surface area contributed by atoms with E-state index in [-0.39, 0.29) is 17.7 Å². The first-order valence-corrected chi connectivity index (χ1v) is 7.54. The van der Waals surface area contributed by atoms with Crippen molar-refractivity contribution in [1.29, 1.82) is 0 Å². The second-order valence-electron chi connectivity index (χ2n) is 5.72. The van der Waals surface area contributed by atoms with Crippen molar-refractivity contribution in [3.63, 3.8) is 0 Å². The number of nitrogens with one attached hydrogen (secondary N) is 2. The minimum Gasteiger partial charge on any atom is -0.360 e. The van der Waals surface area contributed by atoms with Crippen molar-refractivity contribution in [1.82, 2.24) is 10.5 Å². The normalized spacial score (nSPS) is 12.0. The van der Waals surface area contributed by atoms with Gasteiger partial charge in [0.15, 0.2) is 5.82 Å². The van der Waals surface area contributed by atoms with Crippen molar-refractivity contribution in [3.05, 3.63) is 47.7 Å². The topological polar surface area (TPSA) is 84.2 Å². The average molecular weight is 315 g/mol. The maximum atomic E-state index is 12.5. The number of carbonyl (C=O) groups excluding carboxylic acids is 2. The van der Waals surface area contributed by atoms with Gasteiger partial charge in [0.1, 0.15) is 11.8 Å². The molecule has 0 spiro atoms. The second kappa shape index (κ2) is 7.58. The maximum absolute atomic E-state index is 12.5. The van der Waals surface area contributed by atoms with Gasteiger partial charge in [0.2, 0.25) is 11.8 Å². The summed E-state index contributed by atoms with van der Waals surface area (Å²) in [6, 6.07) is 10.5. The van der Waals surface area contributed by atoms with Gasteiger partial charge in [-0.15, -0.1) is 0 Å². The van der Waals surface area contributed by atoms with Gasteiger partial charge in [-0.3, -0.25) is 9.59 Å². The molecular formula is C17H21N3O3. The molecule has 0 fully saturated rings. The number of carbonyl (C=O) groups is 2. The molecular weight excluding hydrogens is 294 g/mol. The zero-order chi connectivity index (χ0) is 16.8. The predicted molar refractivity (Wildman–Crippen MR) is 86.8 cm³/mol. The summed E-state index contributed by atoms with van der Waals surface area (Å²) in [5.74, 6) is 0.249. The molecule has 1 aromatic carbocycles. The molecule has 0 aliphatic carbocycles. The van der Waals surface area contributed by atoms with Crippen LogP contribution in [0.4, 0.5) is 5.82 Å². The van der Waals surface area contributed by atoms with E-state index in [9.17, 15) is 9.59 Å². The standard InChI is InChI=1S/C17H21N3O3/c1-11(2)16(21)18-14(10-13-7-5-4-6-8-13)17(22)19-15-9-12(3)23-20-15/h4-9,11,14H,10H2,1-3H3,(H,18,21)(H,19,20,22). The number of aryl methyl sites for hydroxylation is 1. The van der Waals surface area contributed by atoms with Crippen LogP contribution in [-0.2, 0) is 16.0 Å². The lowest BCUT2D eigenvalue weighted by atomic mass is 10.0. The summed E-state index contributed by atoms with van der Waals surface area (Å²) in [5, 5.41) is 9.19. The Morgan fingerprint density at radius 3 is 2.43 bits per heavy atom. The third-order valence-electron chi connectivity index (χ3n) is 3.32. The molecule has 6 heteroatoms. The summed E-state index contributed by atoms with van der Waals surface area (Å²) < 4.78 is 4.93. The number of anilines is 1. The van der Waals surface area contributed by atoms with Crippen LogP contribution in [0.2, 0.25) is 0 Å². The Bertz CT molecular complexity index is 665. The largest absolute Gasteiger partial charge is 0.360 e. The highest BCUT2D eigenvalue weighted by Gasteiger charge is 2.23. The average Bonchev–Trinajstić information content (AvgIpc) is 2.92. The second-order valence-corrected chi connectivity index (χ2v) is 5.72. The molecule has 1 atom stereocenters. The first-order valence-electron chi connectivity index (χ1n) is 7.54. The van der Waals surface area contributed by atoms with Gasteiger partial charge in [-0.05, 0) is 12.5 Å². The Hall–Kier alpha value is -2.63. The quantitative estimate of drug-likeness (QED) is 0.856. The highest BCUT2D eigenvalue weighted by molar-refractivity contribution is 5.96. The Balaban J connectivity index is 2.11. The van der Waals surface area contributed by atoms with Crippen molar-refractivity contribution in [2.24, 2.45) is 5.92 Å². The Morgan fingerprint density at radius 2 is 1.87 bits per heavy atom. The van der Waals surface area contributed by atoms with Crippen LogP contribution < -0.4 is 10.6 Å². The molecule has 2 amide bonds. The summed E-state index contributed by atoms with van der Waals surface area (Å²) in [6.45, 7) is 5.31. The van der Waals surface area contributed by atoms with Crippen LogP contribution >= 0.6 is 0 Å². The van der Waals surface area contributed by atoms with Gasteiger partial charge in [0, 0.05) is 18.4 Å². The van der Waals surface area contributed by atoms with E-state index in [1.807, 2.05) is 30.3 Å².